The summed E-state index contributed by atoms with van der Waals surface area (Å²) in [4.78, 5) is 10.5. The quantitative estimate of drug-likeness (QED) is 0.148. The SMILES string of the molecule is CC1(C)C2=C(B3C4=C(N(c5ccccc5)c5cc(-c6ccc7c(c6)c6c(n7-c7ccccc7)N(c7ccccc7)c7cccc8c7B6c6c(n(-c7ccccc7)c7ccccc67)N8c6ccccc6)cc(c53)N2c2ccccc2)C(C)(C)c2ccccc24)c2ccccc21. The van der Waals surface area contributed by atoms with E-state index in [9.17, 15) is 0 Å². The average Bonchev–Trinajstić information content (AvgIpc) is 1.46. The molecule has 0 N–H and O–H groups in total. The molecule has 0 atom stereocenters. The van der Waals surface area contributed by atoms with E-state index in [1.54, 1.807) is 0 Å². The summed E-state index contributed by atoms with van der Waals surface area (Å²) in [6, 6.07) is 114. The molecule has 20 rings (SSSR count). The van der Waals surface area contributed by atoms with Crippen molar-refractivity contribution in [3.05, 3.63) is 337 Å². The van der Waals surface area contributed by atoms with Crippen LogP contribution in [-0.2, 0) is 10.8 Å². The zero-order valence-corrected chi connectivity index (χ0v) is 52.7. The van der Waals surface area contributed by atoms with Gasteiger partial charge in [0.25, 0.3) is 13.4 Å². The van der Waals surface area contributed by atoms with Crippen molar-refractivity contribution in [1.82, 2.24) is 9.13 Å². The molecular weight excluding hydrogens is 1140 g/mol. The Bertz CT molecular complexity index is 5420. The van der Waals surface area contributed by atoms with Crippen molar-refractivity contribution in [2.75, 3.05) is 19.6 Å². The van der Waals surface area contributed by atoms with Gasteiger partial charge in [-0.05, 0) is 192 Å². The van der Waals surface area contributed by atoms with Crippen LogP contribution in [-0.4, -0.2) is 22.6 Å². The van der Waals surface area contributed by atoms with Crippen molar-refractivity contribution in [3.63, 3.8) is 0 Å². The van der Waals surface area contributed by atoms with Gasteiger partial charge in [-0.15, -0.1) is 0 Å². The number of hydrogen-bond acceptors (Lipinski definition) is 4. The van der Waals surface area contributed by atoms with Crippen LogP contribution < -0.4 is 41.5 Å². The van der Waals surface area contributed by atoms with Crippen LogP contribution in [0, 0.1) is 0 Å². The van der Waals surface area contributed by atoms with Crippen molar-refractivity contribution in [1.29, 1.82) is 0 Å². The van der Waals surface area contributed by atoms with E-state index < -0.39 is 0 Å². The van der Waals surface area contributed by atoms with Gasteiger partial charge in [-0.1, -0.05) is 216 Å². The highest BCUT2D eigenvalue weighted by molar-refractivity contribution is 7.07. The molecule has 0 spiro atoms. The molecule has 6 aliphatic rings. The number of para-hydroxylation sites is 7. The van der Waals surface area contributed by atoms with Gasteiger partial charge in [-0.3, -0.25) is 18.9 Å². The molecule has 8 heteroatoms. The number of anilines is 10. The summed E-state index contributed by atoms with van der Waals surface area (Å²) in [7, 11) is 0. The van der Waals surface area contributed by atoms with Crippen LogP contribution in [0.1, 0.15) is 49.9 Å². The number of benzene rings is 12. The normalized spacial score (nSPS) is 15.6. The number of allylic oxidation sites excluding steroid dienone is 2. The topological polar surface area (TPSA) is 22.8 Å². The number of nitrogens with zero attached hydrogens (tertiary/aromatic N) is 6. The van der Waals surface area contributed by atoms with Crippen molar-refractivity contribution in [2.24, 2.45) is 0 Å². The molecule has 94 heavy (non-hydrogen) atoms. The smallest absolute Gasteiger partial charge is 0.258 e. The fourth-order valence-electron chi connectivity index (χ4n) is 17.9. The van der Waals surface area contributed by atoms with E-state index in [1.165, 1.54) is 94.1 Å². The number of rotatable bonds is 7. The van der Waals surface area contributed by atoms with Crippen LogP contribution in [0.3, 0.4) is 0 Å². The molecule has 0 bridgehead atoms. The van der Waals surface area contributed by atoms with Gasteiger partial charge in [-0.25, -0.2) is 0 Å². The highest BCUT2D eigenvalue weighted by Gasteiger charge is 2.57. The van der Waals surface area contributed by atoms with E-state index in [4.69, 9.17) is 0 Å². The molecule has 6 nitrogen and oxygen atoms in total. The maximum absolute atomic E-state index is 2.67. The fourth-order valence-corrected chi connectivity index (χ4v) is 17.9. The summed E-state index contributed by atoms with van der Waals surface area (Å²) in [5.74, 6) is 2.28. The maximum Gasteiger partial charge on any atom is 0.258 e. The molecule has 0 saturated carbocycles. The lowest BCUT2D eigenvalue weighted by Crippen LogP contribution is -2.61. The minimum atomic E-state index is -0.350. The first-order valence-corrected chi connectivity index (χ1v) is 33.1. The second-order valence-corrected chi connectivity index (χ2v) is 27.1. The van der Waals surface area contributed by atoms with Crippen LogP contribution in [0.2, 0.25) is 0 Å². The summed E-state index contributed by atoms with van der Waals surface area (Å²) in [5, 5.41) is 2.43. The molecule has 0 radical (unpaired) electrons. The van der Waals surface area contributed by atoms with Gasteiger partial charge in [0.1, 0.15) is 11.6 Å². The Morgan fingerprint density at radius 2 is 0.638 bits per heavy atom. The van der Waals surface area contributed by atoms with Crippen molar-refractivity contribution >= 4 is 125 Å². The van der Waals surface area contributed by atoms with Gasteiger partial charge in [0.2, 0.25) is 0 Å². The first-order valence-electron chi connectivity index (χ1n) is 33.1. The minimum Gasteiger partial charge on any atom is -0.314 e. The molecule has 0 saturated heterocycles. The molecule has 14 aromatic rings. The van der Waals surface area contributed by atoms with E-state index in [1.807, 2.05) is 0 Å². The summed E-state index contributed by atoms with van der Waals surface area (Å²) in [6.45, 7) is 9.58. The molecule has 0 amide bonds. The van der Waals surface area contributed by atoms with Crippen LogP contribution in [0.15, 0.2) is 315 Å². The van der Waals surface area contributed by atoms with Gasteiger partial charge >= 0.3 is 0 Å². The summed E-state index contributed by atoms with van der Waals surface area (Å²) < 4.78 is 5.09. The van der Waals surface area contributed by atoms with E-state index in [0.29, 0.717) is 0 Å². The molecule has 2 aromatic heterocycles. The Kier molecular flexibility index (Phi) is 11.1. The van der Waals surface area contributed by atoms with Gasteiger partial charge in [0, 0.05) is 79.1 Å². The second-order valence-electron chi connectivity index (χ2n) is 27.1. The molecular formula is C86H62B2N6. The number of hydrogen-bond donors (Lipinski definition) is 0. The maximum atomic E-state index is 2.67. The van der Waals surface area contributed by atoms with Crippen LogP contribution in [0.25, 0.3) is 55.3 Å². The monoisotopic (exact) mass is 1200 g/mol. The number of aromatic nitrogens is 2. The molecule has 6 heterocycles. The van der Waals surface area contributed by atoms with Gasteiger partial charge in [-0.2, -0.15) is 0 Å². The first kappa shape index (κ1) is 53.2. The highest BCUT2D eigenvalue weighted by Crippen LogP contribution is 2.62. The Labute approximate surface area is 548 Å². The van der Waals surface area contributed by atoms with Crippen LogP contribution in [0.5, 0.6) is 0 Å². The lowest BCUT2D eigenvalue weighted by Gasteiger charge is -2.47. The van der Waals surface area contributed by atoms with Crippen LogP contribution in [0.4, 0.5) is 57.1 Å². The zero-order chi connectivity index (χ0) is 62.3. The van der Waals surface area contributed by atoms with Gasteiger partial charge in [0.05, 0.1) is 11.0 Å². The summed E-state index contributed by atoms with van der Waals surface area (Å²) >= 11 is 0. The van der Waals surface area contributed by atoms with E-state index >= 15 is 0 Å². The van der Waals surface area contributed by atoms with Gasteiger partial charge in [0.15, 0.2) is 0 Å². The largest absolute Gasteiger partial charge is 0.314 e. The van der Waals surface area contributed by atoms with E-state index in [2.05, 4.69) is 360 Å². The van der Waals surface area contributed by atoms with Crippen LogP contribution >= 0.6 is 0 Å². The molecule has 0 unspecified atom stereocenters. The third-order valence-corrected chi connectivity index (χ3v) is 21.5. The Morgan fingerprint density at radius 1 is 0.266 bits per heavy atom. The summed E-state index contributed by atoms with van der Waals surface area (Å²) in [6.07, 6.45) is 0. The third-order valence-electron chi connectivity index (χ3n) is 21.5. The van der Waals surface area contributed by atoms with E-state index in [-0.39, 0.29) is 24.3 Å². The zero-order valence-electron chi connectivity index (χ0n) is 52.7. The molecule has 12 aromatic carbocycles. The Balaban J connectivity index is 0.925. The Hall–Kier alpha value is -11.5. The van der Waals surface area contributed by atoms with Crippen molar-refractivity contribution in [3.8, 4) is 22.5 Å². The average molecular weight is 1200 g/mol. The van der Waals surface area contributed by atoms with Crippen molar-refractivity contribution in [2.45, 2.75) is 38.5 Å². The van der Waals surface area contributed by atoms with Gasteiger partial charge < -0.3 is 9.80 Å². The lowest BCUT2D eigenvalue weighted by molar-refractivity contribution is 0.624. The molecule has 4 aliphatic heterocycles. The molecule has 442 valence electrons. The molecule has 2 aliphatic carbocycles. The standard InChI is InChI=1S/C86H62B2N6/c1-85(2)67-45-26-23-42-63(67)75-81(85)89(57-30-11-5-12-31-57)73-53-56(54-74-80(73)87(75)76-64-43-24-27-46-68(64)86(3,4)82(76)90(74)58-32-13-6-14-33-58)55-50-51-70-66(52-55)78-84(92(70)60-36-17-8-18-37-60)94(62-40-21-10-22-41-62)72-49-29-48-71-79(72)88(78)77-65-44-25-28-47-69(65)91(59-34-15-7-16-35-59)83(77)93(71)61-38-19-9-20-39-61/h5-54H,1-4H3. The minimum absolute atomic E-state index is 0.0589. The highest BCUT2D eigenvalue weighted by atomic mass is 15.3. The van der Waals surface area contributed by atoms with Crippen molar-refractivity contribution < 1.29 is 0 Å². The number of fused-ring (bicyclic) bond motifs is 14. The summed E-state index contributed by atoms with van der Waals surface area (Å²) in [5.41, 5.74) is 31.5. The third kappa shape index (κ3) is 7.06. The predicted octanol–water partition coefficient (Wildman–Crippen LogP) is 18.8. The fraction of sp³-hybridized carbons (Fsp3) is 0.0698. The Morgan fingerprint density at radius 3 is 1.11 bits per heavy atom. The lowest BCUT2D eigenvalue weighted by atomic mass is 9.31. The second kappa shape index (κ2) is 19.5. The predicted molar refractivity (Wildman–Crippen MR) is 395 cm³/mol. The first-order chi connectivity index (χ1) is 46.3. The molecule has 0 fully saturated rings. The van der Waals surface area contributed by atoms with E-state index in [0.717, 1.165) is 73.8 Å².